The standard InChI is InChI=1S/C12H11ClN4/c1-2-12-11(7-14)15-16-17(12)8-9-4-3-5-10(13)6-9/h3-6H,2,8H2,1H3. The van der Waals surface area contributed by atoms with Crippen LogP contribution in [0.2, 0.25) is 5.02 Å². The molecule has 0 spiro atoms. The number of benzene rings is 1. The third-order valence-electron chi connectivity index (χ3n) is 2.50. The molecule has 1 aromatic heterocycles. The number of nitriles is 1. The van der Waals surface area contributed by atoms with E-state index in [1.807, 2.05) is 37.3 Å². The number of aromatic nitrogens is 3. The molecule has 4 nitrogen and oxygen atoms in total. The van der Waals surface area contributed by atoms with Gasteiger partial charge in [0.15, 0.2) is 5.69 Å². The van der Waals surface area contributed by atoms with Gasteiger partial charge in [-0.15, -0.1) is 5.10 Å². The first-order chi connectivity index (χ1) is 8.24. The molecule has 0 N–H and O–H groups in total. The summed E-state index contributed by atoms with van der Waals surface area (Å²) in [6.07, 6.45) is 0.733. The molecule has 1 aromatic carbocycles. The SMILES string of the molecule is CCc1c(C#N)nnn1Cc1cccc(Cl)c1. The minimum absolute atomic E-state index is 0.398. The molecule has 2 aromatic rings. The van der Waals surface area contributed by atoms with Crippen LogP contribution >= 0.6 is 11.6 Å². The van der Waals surface area contributed by atoms with Crippen molar-refractivity contribution in [1.82, 2.24) is 15.0 Å². The van der Waals surface area contributed by atoms with Crippen LogP contribution in [0.1, 0.15) is 23.9 Å². The highest BCUT2D eigenvalue weighted by Crippen LogP contribution is 2.13. The van der Waals surface area contributed by atoms with Gasteiger partial charge in [-0.05, 0) is 24.1 Å². The van der Waals surface area contributed by atoms with Gasteiger partial charge in [-0.25, -0.2) is 4.68 Å². The second-order valence-corrected chi connectivity index (χ2v) is 4.07. The molecule has 5 heteroatoms. The van der Waals surface area contributed by atoms with E-state index >= 15 is 0 Å². The molecule has 0 unspecified atom stereocenters. The minimum Gasteiger partial charge on any atom is -0.244 e. The first kappa shape index (κ1) is 11.6. The number of hydrogen-bond acceptors (Lipinski definition) is 3. The van der Waals surface area contributed by atoms with Crippen molar-refractivity contribution in [2.24, 2.45) is 0 Å². The maximum absolute atomic E-state index is 8.89. The second kappa shape index (κ2) is 4.98. The quantitative estimate of drug-likeness (QED) is 0.836. The predicted molar refractivity (Wildman–Crippen MR) is 64.7 cm³/mol. The van der Waals surface area contributed by atoms with Gasteiger partial charge >= 0.3 is 0 Å². The van der Waals surface area contributed by atoms with Crippen LogP contribution in [0.5, 0.6) is 0 Å². The van der Waals surface area contributed by atoms with Gasteiger partial charge in [0.25, 0.3) is 0 Å². The van der Waals surface area contributed by atoms with E-state index in [-0.39, 0.29) is 0 Å². The van der Waals surface area contributed by atoms with E-state index in [0.29, 0.717) is 17.3 Å². The van der Waals surface area contributed by atoms with Crippen molar-refractivity contribution < 1.29 is 0 Å². The van der Waals surface area contributed by atoms with Gasteiger partial charge in [-0.2, -0.15) is 5.26 Å². The molecule has 1 heterocycles. The van der Waals surface area contributed by atoms with Crippen molar-refractivity contribution >= 4 is 11.6 Å². The average Bonchev–Trinajstić information content (AvgIpc) is 2.71. The summed E-state index contributed by atoms with van der Waals surface area (Å²) in [5, 5.41) is 17.4. The van der Waals surface area contributed by atoms with Crippen LogP contribution in [0.25, 0.3) is 0 Å². The fourth-order valence-corrected chi connectivity index (χ4v) is 1.92. The molecule has 0 bridgehead atoms. The lowest BCUT2D eigenvalue weighted by molar-refractivity contribution is 0.622. The summed E-state index contributed by atoms with van der Waals surface area (Å²) in [6.45, 7) is 2.56. The molecule has 0 fully saturated rings. The largest absolute Gasteiger partial charge is 0.244 e. The Morgan fingerprint density at radius 2 is 2.29 bits per heavy atom. The Balaban J connectivity index is 2.31. The molecule has 0 aliphatic heterocycles. The summed E-state index contributed by atoms with van der Waals surface area (Å²) in [5.41, 5.74) is 2.29. The van der Waals surface area contributed by atoms with E-state index in [1.165, 1.54) is 0 Å². The lowest BCUT2D eigenvalue weighted by Gasteiger charge is -2.05. The first-order valence-corrected chi connectivity index (χ1v) is 5.69. The van der Waals surface area contributed by atoms with Crippen molar-refractivity contribution in [2.45, 2.75) is 19.9 Å². The highest BCUT2D eigenvalue weighted by Gasteiger charge is 2.10. The summed E-state index contributed by atoms with van der Waals surface area (Å²) >= 11 is 5.92. The fraction of sp³-hybridized carbons (Fsp3) is 0.250. The van der Waals surface area contributed by atoms with E-state index < -0.39 is 0 Å². The molecule has 0 aliphatic carbocycles. The van der Waals surface area contributed by atoms with Crippen LogP contribution in [-0.4, -0.2) is 15.0 Å². The van der Waals surface area contributed by atoms with Gasteiger partial charge in [-0.3, -0.25) is 0 Å². The van der Waals surface area contributed by atoms with Gasteiger partial charge in [0.2, 0.25) is 0 Å². The second-order valence-electron chi connectivity index (χ2n) is 3.64. The Bertz CT molecular complexity index is 568. The van der Waals surface area contributed by atoms with Gasteiger partial charge in [0.05, 0.1) is 12.2 Å². The number of halogens is 1. The lowest BCUT2D eigenvalue weighted by Crippen LogP contribution is -2.06. The summed E-state index contributed by atoms with van der Waals surface area (Å²) in [4.78, 5) is 0. The molecular formula is C12H11ClN4. The summed E-state index contributed by atoms with van der Waals surface area (Å²) in [5.74, 6) is 0. The maximum Gasteiger partial charge on any atom is 0.185 e. The normalized spacial score (nSPS) is 10.2. The molecule has 0 atom stereocenters. The zero-order valence-corrected chi connectivity index (χ0v) is 10.1. The van der Waals surface area contributed by atoms with Crippen LogP contribution in [0.15, 0.2) is 24.3 Å². The molecule has 0 aliphatic rings. The van der Waals surface area contributed by atoms with Crippen molar-refractivity contribution in [3.05, 3.63) is 46.2 Å². The predicted octanol–water partition coefficient (Wildman–Crippen LogP) is 2.41. The van der Waals surface area contributed by atoms with Crippen LogP contribution in [0.4, 0.5) is 0 Å². The van der Waals surface area contributed by atoms with Crippen molar-refractivity contribution in [3.63, 3.8) is 0 Å². The molecule has 2 rings (SSSR count). The Morgan fingerprint density at radius 3 is 2.94 bits per heavy atom. The van der Waals surface area contributed by atoms with E-state index in [2.05, 4.69) is 10.3 Å². The highest BCUT2D eigenvalue weighted by atomic mass is 35.5. The van der Waals surface area contributed by atoms with Crippen molar-refractivity contribution in [2.75, 3.05) is 0 Å². The number of rotatable bonds is 3. The molecule has 0 saturated heterocycles. The fourth-order valence-electron chi connectivity index (χ4n) is 1.70. The smallest absolute Gasteiger partial charge is 0.185 e. The topological polar surface area (TPSA) is 54.5 Å². The third-order valence-corrected chi connectivity index (χ3v) is 2.73. The molecule has 86 valence electrons. The van der Waals surface area contributed by atoms with Gasteiger partial charge in [0.1, 0.15) is 6.07 Å². The van der Waals surface area contributed by atoms with Gasteiger partial charge in [-0.1, -0.05) is 35.9 Å². The molecular weight excluding hydrogens is 236 g/mol. The van der Waals surface area contributed by atoms with Gasteiger partial charge < -0.3 is 0 Å². The van der Waals surface area contributed by atoms with Crippen LogP contribution < -0.4 is 0 Å². The minimum atomic E-state index is 0.398. The van der Waals surface area contributed by atoms with E-state index in [1.54, 1.807) is 4.68 Å². The van der Waals surface area contributed by atoms with E-state index in [9.17, 15) is 0 Å². The lowest BCUT2D eigenvalue weighted by atomic mass is 10.2. The third kappa shape index (κ3) is 2.45. The van der Waals surface area contributed by atoms with Crippen LogP contribution in [0, 0.1) is 11.3 Å². The molecule has 0 radical (unpaired) electrons. The molecule has 0 saturated carbocycles. The van der Waals surface area contributed by atoms with Crippen molar-refractivity contribution in [1.29, 1.82) is 5.26 Å². The summed E-state index contributed by atoms with van der Waals surface area (Å²) in [7, 11) is 0. The van der Waals surface area contributed by atoms with Crippen molar-refractivity contribution in [3.8, 4) is 6.07 Å². The summed E-state index contributed by atoms with van der Waals surface area (Å²) in [6, 6.07) is 9.62. The highest BCUT2D eigenvalue weighted by molar-refractivity contribution is 6.30. The zero-order valence-electron chi connectivity index (χ0n) is 9.39. The maximum atomic E-state index is 8.89. The molecule has 0 amide bonds. The molecule has 17 heavy (non-hydrogen) atoms. The van der Waals surface area contributed by atoms with Gasteiger partial charge in [0, 0.05) is 5.02 Å². The first-order valence-electron chi connectivity index (χ1n) is 5.31. The number of nitrogens with zero attached hydrogens (tertiary/aromatic N) is 4. The van der Waals surface area contributed by atoms with Crippen LogP contribution in [-0.2, 0) is 13.0 Å². The Kier molecular flexibility index (Phi) is 3.40. The van der Waals surface area contributed by atoms with E-state index in [0.717, 1.165) is 17.7 Å². The average molecular weight is 247 g/mol. The monoisotopic (exact) mass is 246 g/mol. The van der Waals surface area contributed by atoms with E-state index in [4.69, 9.17) is 16.9 Å². The Hall–Kier alpha value is -1.86. The Labute approximate surface area is 104 Å². The Morgan fingerprint density at radius 1 is 1.47 bits per heavy atom. The number of hydrogen-bond donors (Lipinski definition) is 0. The zero-order chi connectivity index (χ0) is 12.3. The summed E-state index contributed by atoms with van der Waals surface area (Å²) < 4.78 is 1.74. The van der Waals surface area contributed by atoms with Crippen LogP contribution in [0.3, 0.4) is 0 Å².